The van der Waals surface area contributed by atoms with Crippen molar-refractivity contribution in [2.45, 2.75) is 65.4 Å². The maximum atomic E-state index is 11.8. The highest BCUT2D eigenvalue weighted by atomic mass is 28.3. The van der Waals surface area contributed by atoms with Gasteiger partial charge in [-0.2, -0.15) is 0 Å². The third-order valence-corrected chi connectivity index (χ3v) is 5.25. The Hall–Kier alpha value is -0.913. The monoisotopic (exact) mass is 356 g/mol. The summed E-state index contributed by atoms with van der Waals surface area (Å²) in [6.07, 6.45) is 5.63. The van der Waals surface area contributed by atoms with E-state index in [0.717, 1.165) is 18.9 Å². The number of methoxy groups -OCH3 is 1. The molecule has 0 amide bonds. The quantitative estimate of drug-likeness (QED) is 0.222. The van der Waals surface area contributed by atoms with Gasteiger partial charge < -0.3 is 14.2 Å². The van der Waals surface area contributed by atoms with Crippen LogP contribution in [0.3, 0.4) is 0 Å². The zero-order valence-corrected chi connectivity index (χ0v) is 17.6. The number of carbonyl (C=O) groups is 1. The normalized spacial score (nSPS) is 13.5. The molecule has 0 rings (SSSR count). The summed E-state index contributed by atoms with van der Waals surface area (Å²) in [7, 11) is 0.254. The van der Waals surface area contributed by atoms with E-state index in [1.165, 1.54) is 18.3 Å². The number of ether oxygens (including phenoxy) is 3. The van der Waals surface area contributed by atoms with E-state index in [9.17, 15) is 4.79 Å². The van der Waals surface area contributed by atoms with Gasteiger partial charge in [0, 0.05) is 14.7 Å². The van der Waals surface area contributed by atoms with Crippen LogP contribution in [-0.4, -0.2) is 47.1 Å². The fourth-order valence-corrected chi connectivity index (χ4v) is 2.64. The minimum absolute atomic E-state index is 0.252. The van der Waals surface area contributed by atoms with Crippen LogP contribution < -0.4 is 0 Å². The van der Waals surface area contributed by atoms with E-state index in [2.05, 4.69) is 46.5 Å². The van der Waals surface area contributed by atoms with Gasteiger partial charge in [0.1, 0.15) is 0 Å². The molecule has 0 saturated heterocycles. The predicted octanol–water partition coefficient (Wildman–Crippen LogP) is 4.59. The van der Waals surface area contributed by atoms with Crippen LogP contribution in [0.15, 0.2) is 23.3 Å². The highest BCUT2D eigenvalue weighted by Gasteiger charge is 2.20. The number of allylic oxidation sites excluding steroid dienone is 3. The third kappa shape index (κ3) is 13.5. The van der Waals surface area contributed by atoms with Gasteiger partial charge in [-0.3, -0.25) is 0 Å². The first kappa shape index (κ1) is 23.1. The van der Waals surface area contributed by atoms with Gasteiger partial charge >= 0.3 is 5.97 Å². The number of hydrogen-bond acceptors (Lipinski definition) is 4. The molecule has 0 aliphatic rings. The Morgan fingerprint density at radius 1 is 1.12 bits per heavy atom. The van der Waals surface area contributed by atoms with E-state index in [1.807, 2.05) is 6.08 Å². The van der Waals surface area contributed by atoms with Crippen molar-refractivity contribution in [3.63, 3.8) is 0 Å². The lowest BCUT2D eigenvalue weighted by Gasteiger charge is -2.18. The van der Waals surface area contributed by atoms with Gasteiger partial charge in [0.2, 0.25) is 0 Å². The molecule has 0 N–H and O–H groups in total. The molecule has 4 nitrogen and oxygen atoms in total. The second-order valence-corrected chi connectivity index (χ2v) is 13.2. The molecule has 0 aliphatic heterocycles. The lowest BCUT2D eigenvalue weighted by Crippen LogP contribution is -2.32. The maximum Gasteiger partial charge on any atom is 0.337 e. The molecule has 5 heteroatoms. The fourth-order valence-electron chi connectivity index (χ4n) is 1.88. The molecule has 0 aromatic heterocycles. The van der Waals surface area contributed by atoms with E-state index in [4.69, 9.17) is 14.2 Å². The number of rotatable bonds is 12. The summed E-state index contributed by atoms with van der Waals surface area (Å²) in [4.78, 5) is 11.8. The average molecular weight is 357 g/mol. The summed E-state index contributed by atoms with van der Waals surface area (Å²) in [6.45, 7) is 14.5. The van der Waals surface area contributed by atoms with Gasteiger partial charge in [-0.15, -0.1) is 0 Å². The van der Waals surface area contributed by atoms with Crippen molar-refractivity contribution in [2.24, 2.45) is 0 Å². The summed E-state index contributed by atoms with van der Waals surface area (Å²) >= 11 is 0. The van der Waals surface area contributed by atoms with Gasteiger partial charge in [-0.05, 0) is 39.7 Å². The van der Waals surface area contributed by atoms with Gasteiger partial charge in [0.05, 0.1) is 20.3 Å². The minimum Gasteiger partial charge on any atom is -0.467 e. The van der Waals surface area contributed by atoms with Crippen LogP contribution in [0.5, 0.6) is 0 Å². The number of esters is 1. The smallest absolute Gasteiger partial charge is 0.337 e. The molecular formula is C19H36O4Si. The van der Waals surface area contributed by atoms with Gasteiger partial charge in [-0.1, -0.05) is 42.9 Å². The first-order chi connectivity index (χ1) is 11.2. The van der Waals surface area contributed by atoms with Crippen LogP contribution in [0.1, 0.15) is 33.6 Å². The Morgan fingerprint density at radius 3 is 2.33 bits per heavy atom. The van der Waals surface area contributed by atoms with Crippen LogP contribution >= 0.6 is 0 Å². The minimum atomic E-state index is -1.12. The molecular weight excluding hydrogens is 320 g/mol. The van der Waals surface area contributed by atoms with E-state index < -0.39 is 14.2 Å². The third-order valence-electron chi connectivity index (χ3n) is 3.55. The SMILES string of the molecule is COC(=O)[C@@H](COCC[Si](C)(C)C)OC/C=C(\C)CCC=C(C)C. The molecule has 0 aromatic rings. The highest BCUT2D eigenvalue weighted by Crippen LogP contribution is 2.09. The van der Waals surface area contributed by atoms with Crippen molar-refractivity contribution >= 4 is 14.0 Å². The first-order valence-electron chi connectivity index (χ1n) is 8.72. The van der Waals surface area contributed by atoms with Crippen LogP contribution in [0.4, 0.5) is 0 Å². The van der Waals surface area contributed by atoms with Gasteiger partial charge in [-0.25, -0.2) is 4.79 Å². The molecule has 0 saturated carbocycles. The molecule has 0 heterocycles. The van der Waals surface area contributed by atoms with Crippen molar-refractivity contribution in [2.75, 3.05) is 26.9 Å². The maximum absolute atomic E-state index is 11.8. The largest absolute Gasteiger partial charge is 0.467 e. The average Bonchev–Trinajstić information content (AvgIpc) is 2.47. The molecule has 0 aliphatic carbocycles. The Kier molecular flexibility index (Phi) is 12.0. The highest BCUT2D eigenvalue weighted by molar-refractivity contribution is 6.76. The zero-order chi connectivity index (χ0) is 18.6. The molecule has 24 heavy (non-hydrogen) atoms. The molecule has 0 fully saturated rings. The standard InChI is InChI=1S/C19H36O4Si/c1-16(2)9-8-10-17(3)11-12-23-18(19(20)21-4)15-22-13-14-24(5,6)7/h9,11,18H,8,10,12-15H2,1-7H3/b17-11+/t18-/m1/s1. The van der Waals surface area contributed by atoms with Crippen molar-refractivity contribution in [1.29, 1.82) is 0 Å². The number of hydrogen-bond donors (Lipinski definition) is 0. The summed E-state index contributed by atoms with van der Waals surface area (Å²) in [6, 6.07) is 1.07. The van der Waals surface area contributed by atoms with Gasteiger partial charge in [0.25, 0.3) is 0 Å². The summed E-state index contributed by atoms with van der Waals surface area (Å²) < 4.78 is 16.1. The summed E-state index contributed by atoms with van der Waals surface area (Å²) in [5.41, 5.74) is 2.59. The number of carbonyl (C=O) groups excluding carboxylic acids is 1. The van der Waals surface area contributed by atoms with Gasteiger partial charge in [0.15, 0.2) is 6.10 Å². The summed E-state index contributed by atoms with van der Waals surface area (Å²) in [5.74, 6) is -0.376. The van der Waals surface area contributed by atoms with Crippen LogP contribution in [0.2, 0.25) is 25.7 Å². The van der Waals surface area contributed by atoms with Crippen LogP contribution in [-0.2, 0) is 19.0 Å². The van der Waals surface area contributed by atoms with E-state index in [1.54, 1.807) is 0 Å². The first-order valence-corrected chi connectivity index (χ1v) is 12.4. The fraction of sp³-hybridized carbons (Fsp3) is 0.737. The topological polar surface area (TPSA) is 44.8 Å². The van der Waals surface area contributed by atoms with E-state index >= 15 is 0 Å². The lowest BCUT2D eigenvalue weighted by atomic mass is 10.1. The molecule has 0 unspecified atom stereocenters. The Morgan fingerprint density at radius 2 is 1.79 bits per heavy atom. The van der Waals surface area contributed by atoms with Crippen LogP contribution in [0, 0.1) is 0 Å². The predicted molar refractivity (Wildman–Crippen MR) is 103 cm³/mol. The van der Waals surface area contributed by atoms with Crippen molar-refractivity contribution in [3.05, 3.63) is 23.3 Å². The second kappa shape index (κ2) is 12.4. The Bertz CT molecular complexity index is 418. The molecule has 0 radical (unpaired) electrons. The van der Waals surface area contributed by atoms with Crippen molar-refractivity contribution < 1.29 is 19.0 Å². The Balaban J connectivity index is 4.24. The van der Waals surface area contributed by atoms with E-state index in [0.29, 0.717) is 13.2 Å². The second-order valence-electron chi connectivity index (χ2n) is 7.60. The molecule has 0 bridgehead atoms. The summed E-state index contributed by atoms with van der Waals surface area (Å²) in [5, 5.41) is 0. The zero-order valence-electron chi connectivity index (χ0n) is 16.6. The lowest BCUT2D eigenvalue weighted by molar-refractivity contribution is -0.157. The molecule has 1 atom stereocenters. The molecule has 0 spiro atoms. The van der Waals surface area contributed by atoms with E-state index in [-0.39, 0.29) is 12.6 Å². The molecule has 140 valence electrons. The van der Waals surface area contributed by atoms with Crippen molar-refractivity contribution in [1.82, 2.24) is 0 Å². The molecule has 0 aromatic carbocycles. The Labute approximate surface area is 149 Å². The van der Waals surface area contributed by atoms with Crippen molar-refractivity contribution in [3.8, 4) is 0 Å². The van der Waals surface area contributed by atoms with Crippen LogP contribution in [0.25, 0.3) is 0 Å².